The first-order valence-corrected chi connectivity index (χ1v) is 4.20. The van der Waals surface area contributed by atoms with Gasteiger partial charge in [0, 0.05) is 13.3 Å². The Balaban J connectivity index is 2.66. The normalized spacial score (nSPS) is 11.4. The molecule has 0 amide bonds. The van der Waals surface area contributed by atoms with Gasteiger partial charge in [-0.05, 0) is 6.07 Å². The highest BCUT2D eigenvalue weighted by Gasteiger charge is 2.03. The quantitative estimate of drug-likeness (QED) is 0.226. The fourth-order valence-electron chi connectivity index (χ4n) is 0.821. The summed E-state index contributed by atoms with van der Waals surface area (Å²) < 4.78 is 9.94. The Hall–Kier alpha value is -1.89. The highest BCUT2D eigenvalue weighted by molar-refractivity contribution is 5.95. The maximum atomic E-state index is 8.43. The van der Waals surface area contributed by atoms with Gasteiger partial charge in [0.15, 0.2) is 5.84 Å². The minimum absolute atomic E-state index is 0.0889. The van der Waals surface area contributed by atoms with Crippen molar-refractivity contribution in [1.82, 2.24) is 9.97 Å². The molecular weight excluding hydrogens is 200 g/mol. The fraction of sp³-hybridized carbons (Fsp3) is 0.375. The fourth-order valence-corrected chi connectivity index (χ4v) is 0.821. The van der Waals surface area contributed by atoms with E-state index >= 15 is 0 Å². The van der Waals surface area contributed by atoms with E-state index in [4.69, 9.17) is 20.4 Å². The van der Waals surface area contributed by atoms with Gasteiger partial charge in [-0.3, -0.25) is 0 Å². The third-order valence-corrected chi connectivity index (χ3v) is 1.52. The molecule has 0 atom stereocenters. The summed E-state index contributed by atoms with van der Waals surface area (Å²) in [5.74, 6) is -0.0889. The molecule has 7 heteroatoms. The van der Waals surface area contributed by atoms with Crippen LogP contribution in [0, 0.1) is 0 Å². The molecule has 0 unspecified atom stereocenters. The van der Waals surface area contributed by atoms with E-state index in [1.165, 1.54) is 12.3 Å². The Morgan fingerprint density at radius 1 is 1.60 bits per heavy atom. The number of methoxy groups -OCH3 is 1. The van der Waals surface area contributed by atoms with Crippen LogP contribution in [0.25, 0.3) is 0 Å². The van der Waals surface area contributed by atoms with Crippen LogP contribution >= 0.6 is 0 Å². The zero-order valence-corrected chi connectivity index (χ0v) is 8.25. The monoisotopic (exact) mass is 212 g/mol. The number of rotatable bonds is 5. The van der Waals surface area contributed by atoms with Crippen molar-refractivity contribution in [2.24, 2.45) is 10.9 Å². The number of amidine groups is 1. The van der Waals surface area contributed by atoms with Crippen LogP contribution in [-0.2, 0) is 4.74 Å². The summed E-state index contributed by atoms with van der Waals surface area (Å²) in [6.07, 6.45) is 1.46. The summed E-state index contributed by atoms with van der Waals surface area (Å²) in [7, 11) is 1.57. The number of oxime groups is 1. The molecule has 1 aromatic heterocycles. The average molecular weight is 212 g/mol. The van der Waals surface area contributed by atoms with Gasteiger partial charge in [0.1, 0.15) is 12.3 Å². The molecule has 0 saturated heterocycles. The second-order valence-corrected chi connectivity index (χ2v) is 2.55. The summed E-state index contributed by atoms with van der Waals surface area (Å²) in [5, 5.41) is 11.3. The molecule has 82 valence electrons. The lowest BCUT2D eigenvalue weighted by molar-refractivity contribution is 0.140. The number of aromatic nitrogens is 2. The second kappa shape index (κ2) is 5.76. The van der Waals surface area contributed by atoms with Crippen molar-refractivity contribution >= 4 is 5.84 Å². The van der Waals surface area contributed by atoms with Crippen LogP contribution in [0.5, 0.6) is 6.01 Å². The van der Waals surface area contributed by atoms with E-state index in [1.54, 1.807) is 7.11 Å². The van der Waals surface area contributed by atoms with E-state index in [1.807, 2.05) is 0 Å². The molecule has 0 aliphatic carbocycles. The van der Waals surface area contributed by atoms with E-state index in [0.29, 0.717) is 18.9 Å². The lowest BCUT2D eigenvalue weighted by Crippen LogP contribution is -2.16. The SMILES string of the molecule is COCCOc1nccc(/C(N)=N/O)n1. The molecule has 0 spiro atoms. The summed E-state index contributed by atoms with van der Waals surface area (Å²) in [6.45, 7) is 0.785. The van der Waals surface area contributed by atoms with Gasteiger partial charge in [-0.25, -0.2) is 4.98 Å². The zero-order valence-electron chi connectivity index (χ0n) is 8.25. The van der Waals surface area contributed by atoms with Crippen LogP contribution in [0.1, 0.15) is 5.69 Å². The van der Waals surface area contributed by atoms with Gasteiger partial charge < -0.3 is 20.4 Å². The molecule has 3 N–H and O–H groups in total. The van der Waals surface area contributed by atoms with Gasteiger partial charge in [0.2, 0.25) is 0 Å². The average Bonchev–Trinajstić information content (AvgIpc) is 2.29. The largest absolute Gasteiger partial charge is 0.461 e. The zero-order chi connectivity index (χ0) is 11.1. The number of ether oxygens (including phenoxy) is 2. The number of nitrogens with zero attached hydrogens (tertiary/aromatic N) is 3. The highest BCUT2D eigenvalue weighted by atomic mass is 16.5. The van der Waals surface area contributed by atoms with Crippen LogP contribution in [0.2, 0.25) is 0 Å². The maximum Gasteiger partial charge on any atom is 0.317 e. The molecule has 15 heavy (non-hydrogen) atoms. The first kappa shape index (κ1) is 11.2. The lowest BCUT2D eigenvalue weighted by atomic mass is 10.4. The highest BCUT2D eigenvalue weighted by Crippen LogP contribution is 2.02. The van der Waals surface area contributed by atoms with E-state index in [2.05, 4.69) is 15.1 Å². The molecule has 0 aliphatic rings. The predicted octanol–water partition coefficient (Wildman–Crippen LogP) is -0.404. The van der Waals surface area contributed by atoms with Crippen molar-refractivity contribution in [1.29, 1.82) is 0 Å². The molecule has 7 nitrogen and oxygen atoms in total. The molecule has 0 radical (unpaired) electrons. The van der Waals surface area contributed by atoms with Crippen LogP contribution in [0.15, 0.2) is 17.4 Å². The first-order chi connectivity index (χ1) is 7.27. The summed E-state index contributed by atoms with van der Waals surface area (Å²) in [4.78, 5) is 7.76. The third kappa shape index (κ3) is 3.39. The maximum absolute atomic E-state index is 8.43. The molecule has 0 aliphatic heterocycles. The van der Waals surface area contributed by atoms with E-state index in [9.17, 15) is 0 Å². The van der Waals surface area contributed by atoms with Gasteiger partial charge in [-0.1, -0.05) is 5.16 Å². The van der Waals surface area contributed by atoms with Crippen LogP contribution < -0.4 is 10.5 Å². The lowest BCUT2D eigenvalue weighted by Gasteiger charge is -2.04. The van der Waals surface area contributed by atoms with Crippen LogP contribution in [0.3, 0.4) is 0 Å². The standard InChI is InChI=1S/C8H12N4O3/c1-14-4-5-15-8-10-3-2-6(11-8)7(9)12-13/h2-3,13H,4-5H2,1H3,(H2,9,12). The first-order valence-electron chi connectivity index (χ1n) is 4.20. The van der Waals surface area contributed by atoms with Crippen molar-refractivity contribution in [2.75, 3.05) is 20.3 Å². The van der Waals surface area contributed by atoms with E-state index in [-0.39, 0.29) is 11.8 Å². The Kier molecular flexibility index (Phi) is 4.30. The van der Waals surface area contributed by atoms with Crippen LogP contribution in [0.4, 0.5) is 0 Å². The van der Waals surface area contributed by atoms with E-state index in [0.717, 1.165) is 0 Å². The van der Waals surface area contributed by atoms with Gasteiger partial charge >= 0.3 is 6.01 Å². The molecule has 0 saturated carbocycles. The third-order valence-electron chi connectivity index (χ3n) is 1.52. The Bertz CT molecular complexity index is 342. The van der Waals surface area contributed by atoms with Crippen molar-refractivity contribution in [3.63, 3.8) is 0 Å². The second-order valence-electron chi connectivity index (χ2n) is 2.55. The summed E-state index contributed by atoms with van der Waals surface area (Å²) in [5.41, 5.74) is 5.65. The number of hydrogen-bond acceptors (Lipinski definition) is 6. The minimum atomic E-state index is -0.0889. The van der Waals surface area contributed by atoms with Gasteiger partial charge in [0.05, 0.1) is 6.61 Å². The van der Waals surface area contributed by atoms with Crippen molar-refractivity contribution < 1.29 is 14.7 Å². The Morgan fingerprint density at radius 2 is 2.40 bits per heavy atom. The Labute approximate surface area is 86.5 Å². The molecule has 1 rings (SSSR count). The summed E-state index contributed by atoms with van der Waals surface area (Å²) in [6, 6.07) is 1.68. The number of hydrogen-bond donors (Lipinski definition) is 2. The van der Waals surface area contributed by atoms with Crippen molar-refractivity contribution in [3.8, 4) is 6.01 Å². The number of nitrogens with two attached hydrogens (primary N) is 1. The summed E-state index contributed by atoms with van der Waals surface area (Å²) >= 11 is 0. The molecular formula is C8H12N4O3. The smallest absolute Gasteiger partial charge is 0.317 e. The van der Waals surface area contributed by atoms with Gasteiger partial charge in [-0.2, -0.15) is 4.98 Å². The topological polar surface area (TPSA) is 103 Å². The molecule has 1 heterocycles. The van der Waals surface area contributed by atoms with Crippen LogP contribution in [-0.4, -0.2) is 41.3 Å². The minimum Gasteiger partial charge on any atom is -0.461 e. The van der Waals surface area contributed by atoms with Crippen molar-refractivity contribution in [3.05, 3.63) is 18.0 Å². The molecule has 0 bridgehead atoms. The Morgan fingerprint density at radius 3 is 3.07 bits per heavy atom. The van der Waals surface area contributed by atoms with Crippen molar-refractivity contribution in [2.45, 2.75) is 0 Å². The van der Waals surface area contributed by atoms with Gasteiger partial charge in [0.25, 0.3) is 0 Å². The molecule has 0 aromatic carbocycles. The predicted molar refractivity (Wildman–Crippen MR) is 51.9 cm³/mol. The molecule has 0 fully saturated rings. The van der Waals surface area contributed by atoms with Gasteiger partial charge in [-0.15, -0.1) is 0 Å². The molecule has 1 aromatic rings. The van der Waals surface area contributed by atoms with E-state index < -0.39 is 0 Å².